The van der Waals surface area contributed by atoms with Crippen molar-refractivity contribution in [1.82, 2.24) is 10.9 Å². The Labute approximate surface area is 117 Å². The predicted octanol–water partition coefficient (Wildman–Crippen LogP) is 2.52. The van der Waals surface area contributed by atoms with Gasteiger partial charge in [0.15, 0.2) is 0 Å². The molecule has 2 aromatic carbocycles. The van der Waals surface area contributed by atoms with Crippen LogP contribution in [0.25, 0.3) is 11.1 Å². The van der Waals surface area contributed by atoms with Crippen molar-refractivity contribution in [3.05, 3.63) is 60.2 Å². The molecule has 0 aliphatic rings. The molecule has 2 aromatic rings. The zero-order valence-corrected chi connectivity index (χ0v) is 11.2. The van der Waals surface area contributed by atoms with Crippen molar-refractivity contribution in [3.63, 3.8) is 0 Å². The first-order valence-electron chi connectivity index (χ1n) is 6.45. The van der Waals surface area contributed by atoms with Crippen LogP contribution in [0.4, 0.5) is 0 Å². The number of benzene rings is 2. The smallest absolute Gasteiger partial charge is 0.269 e. The summed E-state index contributed by atoms with van der Waals surface area (Å²) in [5, 5.41) is 0. The molecule has 20 heavy (non-hydrogen) atoms. The van der Waals surface area contributed by atoms with E-state index in [1.54, 1.807) is 19.1 Å². The molecule has 0 spiro atoms. The zero-order chi connectivity index (χ0) is 14.4. The van der Waals surface area contributed by atoms with Crippen LogP contribution in [0.5, 0.6) is 0 Å². The molecule has 0 saturated heterocycles. The van der Waals surface area contributed by atoms with Crippen LogP contribution >= 0.6 is 0 Å². The van der Waals surface area contributed by atoms with Gasteiger partial charge in [0, 0.05) is 12.0 Å². The van der Waals surface area contributed by atoms with E-state index in [9.17, 15) is 9.59 Å². The minimum atomic E-state index is -0.327. The highest BCUT2D eigenvalue weighted by Crippen LogP contribution is 2.19. The molecule has 0 bridgehead atoms. The lowest BCUT2D eigenvalue weighted by atomic mass is 10.0. The van der Waals surface area contributed by atoms with Crippen molar-refractivity contribution in [3.8, 4) is 11.1 Å². The van der Waals surface area contributed by atoms with E-state index in [0.29, 0.717) is 12.0 Å². The SMILES string of the molecule is CCC(=O)NNC(=O)c1ccc(-c2ccccc2)cc1. The van der Waals surface area contributed by atoms with Crippen molar-refractivity contribution < 1.29 is 9.59 Å². The molecule has 2 rings (SSSR count). The summed E-state index contributed by atoms with van der Waals surface area (Å²) in [6.45, 7) is 1.72. The number of carbonyl (C=O) groups excluding carboxylic acids is 2. The predicted molar refractivity (Wildman–Crippen MR) is 77.8 cm³/mol. The zero-order valence-electron chi connectivity index (χ0n) is 11.2. The number of carbonyl (C=O) groups is 2. The van der Waals surface area contributed by atoms with E-state index in [1.807, 2.05) is 42.5 Å². The van der Waals surface area contributed by atoms with Crippen LogP contribution in [0.3, 0.4) is 0 Å². The summed E-state index contributed by atoms with van der Waals surface area (Å²) in [4.78, 5) is 22.8. The van der Waals surface area contributed by atoms with Gasteiger partial charge in [0.1, 0.15) is 0 Å². The monoisotopic (exact) mass is 268 g/mol. The first kappa shape index (κ1) is 13.8. The Morgan fingerprint density at radius 3 is 2.05 bits per heavy atom. The maximum atomic E-state index is 11.8. The molecule has 0 unspecified atom stereocenters. The number of hydrogen-bond acceptors (Lipinski definition) is 2. The van der Waals surface area contributed by atoms with E-state index in [4.69, 9.17) is 0 Å². The van der Waals surface area contributed by atoms with Gasteiger partial charge in [0.25, 0.3) is 5.91 Å². The lowest BCUT2D eigenvalue weighted by Crippen LogP contribution is -2.41. The van der Waals surface area contributed by atoms with Gasteiger partial charge in [-0.1, -0.05) is 49.4 Å². The topological polar surface area (TPSA) is 58.2 Å². The third-order valence-electron chi connectivity index (χ3n) is 2.89. The van der Waals surface area contributed by atoms with Crippen molar-refractivity contribution in [2.75, 3.05) is 0 Å². The van der Waals surface area contributed by atoms with Crippen LogP contribution in [0.2, 0.25) is 0 Å². The second kappa shape index (κ2) is 6.52. The van der Waals surface area contributed by atoms with Crippen molar-refractivity contribution in [2.45, 2.75) is 13.3 Å². The van der Waals surface area contributed by atoms with Crippen LogP contribution in [0.15, 0.2) is 54.6 Å². The highest BCUT2D eigenvalue weighted by atomic mass is 16.2. The Morgan fingerprint density at radius 1 is 0.850 bits per heavy atom. The average molecular weight is 268 g/mol. The molecule has 0 aliphatic heterocycles. The number of hydrazine groups is 1. The van der Waals surface area contributed by atoms with E-state index in [2.05, 4.69) is 10.9 Å². The second-order valence-electron chi connectivity index (χ2n) is 4.30. The van der Waals surface area contributed by atoms with Crippen LogP contribution in [-0.4, -0.2) is 11.8 Å². The molecule has 0 heterocycles. The molecular weight excluding hydrogens is 252 g/mol. The number of hydrogen-bond donors (Lipinski definition) is 2. The number of nitrogens with one attached hydrogen (secondary N) is 2. The maximum Gasteiger partial charge on any atom is 0.269 e. The molecule has 4 nitrogen and oxygen atoms in total. The second-order valence-corrected chi connectivity index (χ2v) is 4.30. The summed E-state index contributed by atoms with van der Waals surface area (Å²) >= 11 is 0. The third-order valence-corrected chi connectivity index (χ3v) is 2.89. The van der Waals surface area contributed by atoms with Gasteiger partial charge in [-0.05, 0) is 23.3 Å². The summed E-state index contributed by atoms with van der Waals surface area (Å²) in [5.74, 6) is -0.550. The van der Waals surface area contributed by atoms with E-state index in [1.165, 1.54) is 0 Å². The molecule has 2 amide bonds. The third kappa shape index (κ3) is 3.45. The van der Waals surface area contributed by atoms with Gasteiger partial charge >= 0.3 is 0 Å². The molecular formula is C16H16N2O2. The molecule has 2 N–H and O–H groups in total. The minimum Gasteiger partial charge on any atom is -0.273 e. The molecule has 0 aliphatic carbocycles. The fourth-order valence-corrected chi connectivity index (χ4v) is 1.73. The first-order valence-corrected chi connectivity index (χ1v) is 6.45. The first-order chi connectivity index (χ1) is 9.70. The summed E-state index contributed by atoms with van der Waals surface area (Å²) in [5.41, 5.74) is 7.35. The Kier molecular flexibility index (Phi) is 4.50. The van der Waals surface area contributed by atoms with Crippen LogP contribution < -0.4 is 10.9 Å². The normalized spacial score (nSPS) is 9.85. The lowest BCUT2D eigenvalue weighted by molar-refractivity contribution is -0.121. The van der Waals surface area contributed by atoms with E-state index in [0.717, 1.165) is 11.1 Å². The highest BCUT2D eigenvalue weighted by Gasteiger charge is 2.06. The molecule has 0 aromatic heterocycles. The van der Waals surface area contributed by atoms with Crippen LogP contribution in [-0.2, 0) is 4.79 Å². The summed E-state index contributed by atoms with van der Waals surface area (Å²) in [7, 11) is 0. The standard InChI is InChI=1S/C16H16N2O2/c1-2-15(19)17-18-16(20)14-10-8-13(9-11-14)12-6-4-3-5-7-12/h3-11H,2H2,1H3,(H,17,19)(H,18,20). The molecule has 0 fully saturated rings. The number of amides is 2. The summed E-state index contributed by atoms with van der Waals surface area (Å²) in [6, 6.07) is 17.1. The Hall–Kier alpha value is -2.62. The molecule has 4 heteroatoms. The highest BCUT2D eigenvalue weighted by molar-refractivity contribution is 5.95. The fourth-order valence-electron chi connectivity index (χ4n) is 1.73. The largest absolute Gasteiger partial charge is 0.273 e. The quantitative estimate of drug-likeness (QED) is 0.840. The Morgan fingerprint density at radius 2 is 1.45 bits per heavy atom. The Balaban J connectivity index is 2.05. The molecule has 0 saturated carbocycles. The minimum absolute atomic E-state index is 0.223. The van der Waals surface area contributed by atoms with Crippen molar-refractivity contribution in [2.24, 2.45) is 0 Å². The number of rotatable bonds is 3. The van der Waals surface area contributed by atoms with Crippen LogP contribution in [0, 0.1) is 0 Å². The fraction of sp³-hybridized carbons (Fsp3) is 0.125. The molecule has 102 valence electrons. The summed E-state index contributed by atoms with van der Waals surface area (Å²) < 4.78 is 0. The molecule has 0 radical (unpaired) electrons. The van der Waals surface area contributed by atoms with Gasteiger partial charge in [0.2, 0.25) is 5.91 Å². The van der Waals surface area contributed by atoms with Gasteiger partial charge in [-0.15, -0.1) is 0 Å². The lowest BCUT2D eigenvalue weighted by Gasteiger charge is -2.07. The van der Waals surface area contributed by atoms with E-state index < -0.39 is 0 Å². The van der Waals surface area contributed by atoms with Gasteiger partial charge in [-0.25, -0.2) is 0 Å². The molecule has 0 atom stereocenters. The van der Waals surface area contributed by atoms with E-state index >= 15 is 0 Å². The Bertz CT molecular complexity index is 592. The van der Waals surface area contributed by atoms with Gasteiger partial charge in [-0.2, -0.15) is 0 Å². The van der Waals surface area contributed by atoms with Crippen LogP contribution in [0.1, 0.15) is 23.7 Å². The summed E-state index contributed by atoms with van der Waals surface area (Å²) in [6.07, 6.45) is 0.327. The van der Waals surface area contributed by atoms with E-state index in [-0.39, 0.29) is 11.8 Å². The van der Waals surface area contributed by atoms with Crippen molar-refractivity contribution >= 4 is 11.8 Å². The van der Waals surface area contributed by atoms with Crippen molar-refractivity contribution in [1.29, 1.82) is 0 Å². The van der Waals surface area contributed by atoms with Gasteiger partial charge < -0.3 is 0 Å². The van der Waals surface area contributed by atoms with Gasteiger partial charge in [0.05, 0.1) is 0 Å². The average Bonchev–Trinajstić information content (AvgIpc) is 2.53. The van der Waals surface area contributed by atoms with Gasteiger partial charge in [-0.3, -0.25) is 20.4 Å². The maximum absolute atomic E-state index is 11.8.